The Bertz CT molecular complexity index is 589. The molecule has 1 aromatic rings. The summed E-state index contributed by atoms with van der Waals surface area (Å²) >= 11 is 0. The number of phenols is 1. The molecule has 0 spiro atoms. The fourth-order valence-corrected chi connectivity index (χ4v) is 2.18. The van der Waals surface area contributed by atoms with Crippen molar-refractivity contribution in [2.75, 3.05) is 13.7 Å². The molecule has 0 radical (unpaired) electrons. The quantitative estimate of drug-likeness (QED) is 0.765. The second-order valence-corrected chi connectivity index (χ2v) is 4.27. The van der Waals surface area contributed by atoms with Crippen LogP contribution in [0.3, 0.4) is 0 Å². The number of hydrogen-bond donors (Lipinski definition) is 3. The van der Waals surface area contributed by atoms with Gasteiger partial charge in [0.15, 0.2) is 11.5 Å². The number of carbonyl (C=O) groups is 1. The number of benzene rings is 1. The number of amides is 1. The van der Waals surface area contributed by atoms with Crippen molar-refractivity contribution in [3.63, 3.8) is 0 Å². The summed E-state index contributed by atoms with van der Waals surface area (Å²) in [5.74, 6) is -0.282. The van der Waals surface area contributed by atoms with E-state index in [9.17, 15) is 9.90 Å². The standard InChI is InChI=1S/C14H16N2O3/c1-8-10(14(15)18)6-11(19-2)13(17)12(8)9-4-3-5-16-7-9/h3-6,16-17H,7H2,1-2H3,(H2,15,18). The van der Waals surface area contributed by atoms with Gasteiger partial charge in [-0.15, -0.1) is 0 Å². The molecule has 0 fully saturated rings. The molecule has 0 saturated carbocycles. The zero-order valence-corrected chi connectivity index (χ0v) is 10.9. The molecule has 0 aliphatic carbocycles. The van der Waals surface area contributed by atoms with Crippen molar-refractivity contribution in [1.29, 1.82) is 0 Å². The molecule has 19 heavy (non-hydrogen) atoms. The van der Waals surface area contributed by atoms with Crippen LogP contribution in [0.2, 0.25) is 0 Å². The summed E-state index contributed by atoms with van der Waals surface area (Å²) in [6.45, 7) is 2.32. The van der Waals surface area contributed by atoms with E-state index in [0.29, 0.717) is 23.2 Å². The number of dihydropyridines is 1. The van der Waals surface area contributed by atoms with Crippen LogP contribution in [-0.4, -0.2) is 24.7 Å². The van der Waals surface area contributed by atoms with Gasteiger partial charge in [-0.2, -0.15) is 0 Å². The van der Waals surface area contributed by atoms with Crippen LogP contribution in [-0.2, 0) is 0 Å². The Morgan fingerprint density at radius 3 is 2.79 bits per heavy atom. The minimum absolute atomic E-state index is 0.0216. The highest BCUT2D eigenvalue weighted by Crippen LogP contribution is 2.39. The van der Waals surface area contributed by atoms with Gasteiger partial charge in [0, 0.05) is 17.7 Å². The van der Waals surface area contributed by atoms with E-state index in [1.54, 1.807) is 6.92 Å². The zero-order valence-electron chi connectivity index (χ0n) is 10.9. The molecule has 2 rings (SSSR count). The van der Waals surface area contributed by atoms with Gasteiger partial charge in [0.2, 0.25) is 5.91 Å². The van der Waals surface area contributed by atoms with E-state index in [0.717, 1.165) is 5.57 Å². The summed E-state index contributed by atoms with van der Waals surface area (Å²) in [5.41, 5.74) is 7.82. The molecule has 5 nitrogen and oxygen atoms in total. The predicted octanol–water partition coefficient (Wildman–Crippen LogP) is 1.31. The Labute approximate surface area is 111 Å². The smallest absolute Gasteiger partial charge is 0.249 e. The fraction of sp³-hybridized carbons (Fsp3) is 0.214. The summed E-state index contributed by atoms with van der Waals surface area (Å²) in [5, 5.41) is 13.3. The maximum Gasteiger partial charge on any atom is 0.249 e. The molecule has 0 bridgehead atoms. The second-order valence-electron chi connectivity index (χ2n) is 4.27. The number of allylic oxidation sites excluding steroid dienone is 2. The van der Waals surface area contributed by atoms with Crippen LogP contribution in [0, 0.1) is 6.92 Å². The number of primary amides is 1. The SMILES string of the molecule is COc1cc(C(N)=O)c(C)c(C2=CC=CNC2)c1O. The predicted molar refractivity (Wildman–Crippen MR) is 73.0 cm³/mol. The third kappa shape index (κ3) is 2.27. The first kappa shape index (κ1) is 13.0. The molecule has 1 aliphatic rings. The van der Waals surface area contributed by atoms with E-state index < -0.39 is 5.91 Å². The maximum absolute atomic E-state index is 11.5. The summed E-state index contributed by atoms with van der Waals surface area (Å²) < 4.78 is 5.10. The number of methoxy groups -OCH3 is 1. The number of hydrogen-bond acceptors (Lipinski definition) is 4. The first-order valence-electron chi connectivity index (χ1n) is 5.86. The van der Waals surface area contributed by atoms with Gasteiger partial charge in [-0.3, -0.25) is 4.79 Å². The van der Waals surface area contributed by atoms with Crippen LogP contribution in [0.4, 0.5) is 0 Å². The first-order chi connectivity index (χ1) is 9.06. The van der Waals surface area contributed by atoms with Crippen LogP contribution in [0.5, 0.6) is 11.5 Å². The van der Waals surface area contributed by atoms with E-state index in [4.69, 9.17) is 10.5 Å². The summed E-state index contributed by atoms with van der Waals surface area (Å²) in [4.78, 5) is 11.5. The van der Waals surface area contributed by atoms with E-state index in [1.165, 1.54) is 13.2 Å². The Kier molecular flexibility index (Phi) is 3.46. The topological polar surface area (TPSA) is 84.6 Å². The number of aromatic hydroxyl groups is 1. The Morgan fingerprint density at radius 2 is 2.26 bits per heavy atom. The third-order valence-corrected chi connectivity index (χ3v) is 3.14. The van der Waals surface area contributed by atoms with Crippen LogP contribution in [0.15, 0.2) is 24.4 Å². The number of nitrogens with one attached hydrogen (secondary N) is 1. The van der Waals surface area contributed by atoms with E-state index in [2.05, 4.69) is 5.32 Å². The summed E-state index contributed by atoms with van der Waals surface area (Å²) in [7, 11) is 1.44. The highest BCUT2D eigenvalue weighted by molar-refractivity contribution is 5.97. The molecular formula is C14H16N2O3. The molecule has 5 heteroatoms. The van der Waals surface area contributed by atoms with Gasteiger partial charge in [0.25, 0.3) is 0 Å². The van der Waals surface area contributed by atoms with E-state index in [1.807, 2.05) is 18.4 Å². The average Bonchev–Trinajstić information content (AvgIpc) is 2.40. The molecule has 100 valence electrons. The molecule has 0 saturated heterocycles. The lowest BCUT2D eigenvalue weighted by atomic mass is 9.93. The molecule has 1 aromatic carbocycles. The number of carbonyl (C=O) groups excluding carboxylic acids is 1. The van der Waals surface area contributed by atoms with Gasteiger partial charge in [-0.05, 0) is 36.4 Å². The number of ether oxygens (including phenoxy) is 1. The lowest BCUT2D eigenvalue weighted by Crippen LogP contribution is -2.17. The lowest BCUT2D eigenvalue weighted by molar-refractivity contribution is 0.0999. The Morgan fingerprint density at radius 1 is 1.53 bits per heavy atom. The van der Waals surface area contributed by atoms with Gasteiger partial charge in [0.1, 0.15) is 0 Å². The zero-order chi connectivity index (χ0) is 14.0. The molecular weight excluding hydrogens is 244 g/mol. The maximum atomic E-state index is 11.5. The van der Waals surface area contributed by atoms with Crippen molar-refractivity contribution in [1.82, 2.24) is 5.32 Å². The van der Waals surface area contributed by atoms with Gasteiger partial charge in [-0.1, -0.05) is 6.08 Å². The molecule has 1 amide bonds. The summed E-state index contributed by atoms with van der Waals surface area (Å²) in [6, 6.07) is 1.46. The fourth-order valence-electron chi connectivity index (χ4n) is 2.18. The average molecular weight is 260 g/mol. The highest BCUT2D eigenvalue weighted by atomic mass is 16.5. The van der Waals surface area contributed by atoms with E-state index in [-0.39, 0.29) is 11.5 Å². The first-order valence-corrected chi connectivity index (χ1v) is 5.86. The van der Waals surface area contributed by atoms with Crippen LogP contribution < -0.4 is 15.8 Å². The van der Waals surface area contributed by atoms with Crippen molar-refractivity contribution in [2.24, 2.45) is 5.73 Å². The van der Waals surface area contributed by atoms with E-state index >= 15 is 0 Å². The minimum atomic E-state index is -0.544. The van der Waals surface area contributed by atoms with Crippen LogP contribution in [0.1, 0.15) is 21.5 Å². The van der Waals surface area contributed by atoms with Gasteiger partial charge < -0.3 is 20.9 Å². The molecule has 0 unspecified atom stereocenters. The second kappa shape index (κ2) is 5.06. The molecule has 0 aromatic heterocycles. The molecule has 0 atom stereocenters. The van der Waals surface area contributed by atoms with Crippen molar-refractivity contribution < 1.29 is 14.6 Å². The third-order valence-electron chi connectivity index (χ3n) is 3.14. The van der Waals surface area contributed by atoms with Crippen molar-refractivity contribution in [2.45, 2.75) is 6.92 Å². The minimum Gasteiger partial charge on any atom is -0.504 e. The normalized spacial score (nSPS) is 13.7. The molecule has 1 aliphatic heterocycles. The number of nitrogens with two attached hydrogens (primary N) is 1. The van der Waals surface area contributed by atoms with Crippen molar-refractivity contribution >= 4 is 11.5 Å². The van der Waals surface area contributed by atoms with Gasteiger partial charge in [-0.25, -0.2) is 0 Å². The Balaban J connectivity index is 2.70. The number of phenolic OH excluding ortho intramolecular Hbond substituents is 1. The lowest BCUT2D eigenvalue weighted by Gasteiger charge is -2.18. The van der Waals surface area contributed by atoms with Gasteiger partial charge in [0.05, 0.1) is 7.11 Å². The van der Waals surface area contributed by atoms with Crippen LogP contribution in [0.25, 0.3) is 5.57 Å². The Hall–Kier alpha value is -2.43. The van der Waals surface area contributed by atoms with Crippen LogP contribution >= 0.6 is 0 Å². The van der Waals surface area contributed by atoms with Crippen molar-refractivity contribution in [3.8, 4) is 11.5 Å². The molecule has 4 N–H and O–H groups in total. The number of rotatable bonds is 3. The summed E-state index contributed by atoms with van der Waals surface area (Å²) in [6.07, 6.45) is 5.52. The highest BCUT2D eigenvalue weighted by Gasteiger charge is 2.21. The largest absolute Gasteiger partial charge is 0.504 e. The monoisotopic (exact) mass is 260 g/mol. The van der Waals surface area contributed by atoms with Crippen molar-refractivity contribution in [3.05, 3.63) is 41.1 Å². The molecule has 1 heterocycles. The van der Waals surface area contributed by atoms with Gasteiger partial charge >= 0.3 is 0 Å².